The van der Waals surface area contributed by atoms with Gasteiger partial charge in [-0.15, -0.1) is 0 Å². The number of carbonyl (C=O) groups is 1. The first kappa shape index (κ1) is 15.3. The summed E-state index contributed by atoms with van der Waals surface area (Å²) in [6.45, 7) is 8.83. The zero-order valence-electron chi connectivity index (χ0n) is 12.4. The van der Waals surface area contributed by atoms with Crippen LogP contribution in [-0.2, 0) is 0 Å². The fraction of sp³-hybridized carbons (Fsp3) is 0.600. The molecule has 1 fully saturated rings. The van der Waals surface area contributed by atoms with E-state index in [1.54, 1.807) is 6.20 Å². The molecule has 1 N–H and O–H groups in total. The number of amides is 1. The fourth-order valence-corrected chi connectivity index (χ4v) is 3.01. The van der Waals surface area contributed by atoms with Crippen molar-refractivity contribution >= 4 is 27.7 Å². The molecule has 0 atom stereocenters. The van der Waals surface area contributed by atoms with Crippen molar-refractivity contribution in [1.29, 1.82) is 0 Å². The van der Waals surface area contributed by atoms with Crippen molar-refractivity contribution in [2.24, 2.45) is 5.41 Å². The molecule has 20 heavy (non-hydrogen) atoms. The van der Waals surface area contributed by atoms with Crippen molar-refractivity contribution in [3.8, 4) is 0 Å². The Morgan fingerprint density at radius 2 is 2.30 bits per heavy atom. The summed E-state index contributed by atoms with van der Waals surface area (Å²) in [7, 11) is 0. The Morgan fingerprint density at radius 1 is 1.55 bits per heavy atom. The van der Waals surface area contributed by atoms with Crippen LogP contribution in [-0.4, -0.2) is 35.4 Å². The molecule has 0 unspecified atom stereocenters. The van der Waals surface area contributed by atoms with Crippen LogP contribution >= 0.6 is 15.9 Å². The van der Waals surface area contributed by atoms with Crippen LogP contribution < -0.4 is 5.32 Å². The zero-order chi connectivity index (χ0) is 14.8. The van der Waals surface area contributed by atoms with Gasteiger partial charge in [-0.2, -0.15) is 0 Å². The van der Waals surface area contributed by atoms with Crippen LogP contribution in [0.15, 0.2) is 16.7 Å². The number of pyridine rings is 1. The molecule has 2 heterocycles. The minimum Gasteiger partial charge on any atom is -0.370 e. The summed E-state index contributed by atoms with van der Waals surface area (Å²) < 4.78 is 0.832. The number of hydrogen-bond donors (Lipinski definition) is 1. The van der Waals surface area contributed by atoms with Crippen molar-refractivity contribution in [2.75, 3.05) is 25.0 Å². The van der Waals surface area contributed by atoms with Gasteiger partial charge < -0.3 is 10.2 Å². The lowest BCUT2D eigenvalue weighted by atomic mass is 9.84. The molecule has 110 valence electrons. The Hall–Kier alpha value is -1.10. The third kappa shape index (κ3) is 3.51. The first-order valence-corrected chi connectivity index (χ1v) is 7.91. The molecule has 1 aliphatic heterocycles. The van der Waals surface area contributed by atoms with Crippen LogP contribution in [0.1, 0.15) is 44.0 Å². The van der Waals surface area contributed by atoms with E-state index in [2.05, 4.69) is 40.1 Å². The highest BCUT2D eigenvalue weighted by molar-refractivity contribution is 9.10. The smallest absolute Gasteiger partial charge is 0.257 e. The monoisotopic (exact) mass is 339 g/mol. The molecule has 1 saturated heterocycles. The van der Waals surface area contributed by atoms with E-state index in [0.717, 1.165) is 30.5 Å². The van der Waals surface area contributed by atoms with Crippen LogP contribution in [0.5, 0.6) is 0 Å². The lowest BCUT2D eigenvalue weighted by Crippen LogP contribution is -2.43. The van der Waals surface area contributed by atoms with Crippen LogP contribution in [0.2, 0.25) is 0 Å². The van der Waals surface area contributed by atoms with E-state index in [0.29, 0.717) is 11.4 Å². The second kappa shape index (κ2) is 6.12. The summed E-state index contributed by atoms with van der Waals surface area (Å²) in [4.78, 5) is 19.0. The van der Waals surface area contributed by atoms with Crippen LogP contribution in [0.25, 0.3) is 0 Å². The Morgan fingerprint density at radius 3 is 2.95 bits per heavy atom. The molecule has 1 aromatic rings. The maximum absolute atomic E-state index is 12.8. The highest BCUT2D eigenvalue weighted by Gasteiger charge is 2.30. The minimum absolute atomic E-state index is 0.0718. The van der Waals surface area contributed by atoms with Crippen molar-refractivity contribution in [2.45, 2.75) is 33.6 Å². The van der Waals surface area contributed by atoms with Gasteiger partial charge in [0.25, 0.3) is 5.91 Å². The molecule has 5 heteroatoms. The van der Waals surface area contributed by atoms with Gasteiger partial charge in [0.15, 0.2) is 0 Å². The summed E-state index contributed by atoms with van der Waals surface area (Å²) in [5.41, 5.74) is 0.852. The molecule has 1 amide bonds. The Balaban J connectivity index is 2.26. The average molecular weight is 340 g/mol. The van der Waals surface area contributed by atoms with Gasteiger partial charge in [-0.3, -0.25) is 4.79 Å². The molecule has 0 aromatic carbocycles. The maximum Gasteiger partial charge on any atom is 0.257 e. The summed E-state index contributed by atoms with van der Waals surface area (Å²) >= 11 is 3.40. The van der Waals surface area contributed by atoms with Gasteiger partial charge in [-0.1, -0.05) is 13.8 Å². The van der Waals surface area contributed by atoms with Crippen LogP contribution in [0, 0.1) is 5.41 Å². The Bertz CT molecular complexity index is 502. The molecule has 0 aliphatic carbocycles. The number of halogens is 1. The summed E-state index contributed by atoms with van der Waals surface area (Å²) in [5.74, 6) is 0.742. The van der Waals surface area contributed by atoms with Gasteiger partial charge in [-0.05, 0) is 47.2 Å². The van der Waals surface area contributed by atoms with Crippen molar-refractivity contribution in [3.05, 3.63) is 22.3 Å². The first-order chi connectivity index (χ1) is 9.43. The lowest BCUT2D eigenvalue weighted by molar-refractivity contribution is 0.0584. The standard InChI is InChI=1S/C15H22BrN3O/c1-4-17-13-12(8-11(16)9-18-13)14(20)19-7-5-6-15(2,3)10-19/h8-9H,4-7,10H2,1-3H3,(H,17,18). The predicted molar refractivity (Wildman–Crippen MR) is 85.0 cm³/mol. The SMILES string of the molecule is CCNc1ncc(Br)cc1C(=O)N1CCCC(C)(C)C1. The zero-order valence-corrected chi connectivity index (χ0v) is 14.0. The molecule has 0 radical (unpaired) electrons. The maximum atomic E-state index is 12.8. The van der Waals surface area contributed by atoms with E-state index >= 15 is 0 Å². The molecule has 2 rings (SSSR count). The summed E-state index contributed by atoms with van der Waals surface area (Å²) in [6.07, 6.45) is 3.96. The largest absolute Gasteiger partial charge is 0.370 e. The number of rotatable bonds is 3. The number of likely N-dealkylation sites (tertiary alicyclic amines) is 1. The van der Waals surface area contributed by atoms with Crippen molar-refractivity contribution in [1.82, 2.24) is 9.88 Å². The quantitative estimate of drug-likeness (QED) is 0.915. The van der Waals surface area contributed by atoms with E-state index in [1.807, 2.05) is 17.9 Å². The predicted octanol–water partition coefficient (Wildman–Crippen LogP) is 3.54. The Labute approximate surface area is 129 Å². The number of aromatic nitrogens is 1. The number of hydrogen-bond acceptors (Lipinski definition) is 3. The number of nitrogens with zero attached hydrogens (tertiary/aromatic N) is 2. The van der Waals surface area contributed by atoms with Crippen molar-refractivity contribution in [3.63, 3.8) is 0 Å². The number of nitrogens with one attached hydrogen (secondary N) is 1. The van der Waals surface area contributed by atoms with Gasteiger partial charge in [0.1, 0.15) is 5.82 Å². The number of anilines is 1. The summed E-state index contributed by atoms with van der Waals surface area (Å²) in [5, 5.41) is 3.16. The normalized spacial score (nSPS) is 17.9. The number of piperidine rings is 1. The first-order valence-electron chi connectivity index (χ1n) is 7.11. The molecule has 0 spiro atoms. The molecular formula is C15H22BrN3O. The molecule has 1 aliphatic rings. The van der Waals surface area contributed by atoms with Gasteiger partial charge >= 0.3 is 0 Å². The topological polar surface area (TPSA) is 45.2 Å². The second-order valence-corrected chi connectivity index (χ2v) is 6.99. The van der Waals surface area contributed by atoms with E-state index in [9.17, 15) is 4.79 Å². The fourth-order valence-electron chi connectivity index (χ4n) is 2.68. The Kier molecular flexibility index (Phi) is 4.68. The van der Waals surface area contributed by atoms with Crippen LogP contribution in [0.3, 0.4) is 0 Å². The molecule has 1 aromatic heterocycles. The minimum atomic E-state index is 0.0718. The van der Waals surface area contributed by atoms with Gasteiger partial charge in [0.2, 0.25) is 0 Å². The van der Waals surface area contributed by atoms with Crippen LogP contribution in [0.4, 0.5) is 5.82 Å². The molecule has 0 bridgehead atoms. The van der Waals surface area contributed by atoms with E-state index in [4.69, 9.17) is 0 Å². The highest BCUT2D eigenvalue weighted by atomic mass is 79.9. The molecular weight excluding hydrogens is 318 g/mol. The average Bonchev–Trinajstić information content (AvgIpc) is 2.39. The highest BCUT2D eigenvalue weighted by Crippen LogP contribution is 2.30. The van der Waals surface area contributed by atoms with Crippen molar-refractivity contribution < 1.29 is 4.79 Å². The van der Waals surface area contributed by atoms with Gasteiger partial charge in [-0.25, -0.2) is 4.98 Å². The van der Waals surface area contributed by atoms with E-state index in [1.165, 1.54) is 6.42 Å². The van der Waals surface area contributed by atoms with E-state index < -0.39 is 0 Å². The lowest BCUT2D eigenvalue weighted by Gasteiger charge is -2.38. The number of carbonyl (C=O) groups excluding carboxylic acids is 1. The van der Waals surface area contributed by atoms with Gasteiger partial charge in [0.05, 0.1) is 5.56 Å². The third-order valence-corrected chi connectivity index (χ3v) is 4.05. The van der Waals surface area contributed by atoms with E-state index in [-0.39, 0.29) is 11.3 Å². The second-order valence-electron chi connectivity index (χ2n) is 6.07. The summed E-state index contributed by atoms with van der Waals surface area (Å²) in [6, 6.07) is 1.86. The van der Waals surface area contributed by atoms with Gasteiger partial charge in [0, 0.05) is 30.3 Å². The molecule has 0 saturated carbocycles. The third-order valence-electron chi connectivity index (χ3n) is 3.62. The molecule has 4 nitrogen and oxygen atoms in total.